The van der Waals surface area contributed by atoms with E-state index >= 15 is 0 Å². The van der Waals surface area contributed by atoms with Gasteiger partial charge in [-0.15, -0.1) is 0 Å². The zero-order valence-electron chi connectivity index (χ0n) is 17.9. The summed E-state index contributed by atoms with van der Waals surface area (Å²) in [6.45, 7) is 3.47. The van der Waals surface area contributed by atoms with E-state index in [1.54, 1.807) is 0 Å². The highest BCUT2D eigenvalue weighted by Crippen LogP contribution is 2.35. The summed E-state index contributed by atoms with van der Waals surface area (Å²) < 4.78 is 51.7. The second-order valence-corrected chi connectivity index (χ2v) is 8.65. The number of halogens is 4. The zero-order valence-corrected chi connectivity index (χ0v) is 17.9. The van der Waals surface area contributed by atoms with E-state index in [1.165, 1.54) is 44.7 Å². The Hall–Kier alpha value is -1.32. The molecule has 0 spiro atoms. The number of allylic oxidation sites excluding steroid dienone is 2. The van der Waals surface area contributed by atoms with Gasteiger partial charge in [0.25, 0.3) is 0 Å². The molecule has 0 atom stereocenters. The highest BCUT2D eigenvalue weighted by Gasteiger charge is 2.23. The van der Waals surface area contributed by atoms with Crippen LogP contribution in [0, 0.1) is 30.4 Å². The standard InChI is InChI=1S/C13H15F3.C12H21F/c1-8-12(15)6-10(7-13(8)16)9-2-4-11(14)5-3-9;1-2-3-4-11-5-7-12(8-6-11)9-10-13/h6-7,9,11H,2-5H2,1H3;3-4,11-12H,2,5-10H2,1H3/b;4-3+. The SMILES string of the molecule is CC/C=C/C1CCC(CCF)CC1.Cc1c(F)cc(C2CCC(F)CC2)cc1F. The van der Waals surface area contributed by atoms with E-state index in [0.29, 0.717) is 37.2 Å². The largest absolute Gasteiger partial charge is 0.251 e. The molecule has 0 N–H and O–H groups in total. The maximum absolute atomic E-state index is 13.4. The second kappa shape index (κ2) is 12.4. The van der Waals surface area contributed by atoms with Crippen molar-refractivity contribution in [3.63, 3.8) is 0 Å². The van der Waals surface area contributed by atoms with Crippen molar-refractivity contribution < 1.29 is 17.6 Å². The van der Waals surface area contributed by atoms with Crippen molar-refractivity contribution in [3.05, 3.63) is 47.0 Å². The van der Waals surface area contributed by atoms with Gasteiger partial charge in [-0.2, -0.15) is 0 Å². The molecule has 0 saturated heterocycles. The van der Waals surface area contributed by atoms with Gasteiger partial charge in [0.1, 0.15) is 17.8 Å². The van der Waals surface area contributed by atoms with E-state index < -0.39 is 17.8 Å². The van der Waals surface area contributed by atoms with Crippen LogP contribution in [-0.4, -0.2) is 12.8 Å². The van der Waals surface area contributed by atoms with Crippen molar-refractivity contribution in [2.45, 2.75) is 90.1 Å². The fraction of sp³-hybridized carbons (Fsp3) is 0.680. The molecule has 0 unspecified atom stereocenters. The normalized spacial score (nSPS) is 27.5. The molecule has 2 aliphatic carbocycles. The Balaban J connectivity index is 0.000000212. The summed E-state index contributed by atoms with van der Waals surface area (Å²) in [4.78, 5) is 0. The molecule has 0 bridgehead atoms. The van der Waals surface area contributed by atoms with Crippen LogP contribution in [0.15, 0.2) is 24.3 Å². The van der Waals surface area contributed by atoms with Crippen molar-refractivity contribution >= 4 is 0 Å². The Labute approximate surface area is 173 Å². The molecule has 2 fully saturated rings. The molecule has 1 aromatic rings. The van der Waals surface area contributed by atoms with Gasteiger partial charge < -0.3 is 0 Å². The Morgan fingerprint density at radius 2 is 1.52 bits per heavy atom. The van der Waals surface area contributed by atoms with Gasteiger partial charge in [0, 0.05) is 5.56 Å². The number of hydrogen-bond acceptors (Lipinski definition) is 0. The molecule has 0 nitrogen and oxygen atoms in total. The first-order valence-electron chi connectivity index (χ1n) is 11.3. The van der Waals surface area contributed by atoms with E-state index in [1.807, 2.05) is 0 Å². The van der Waals surface area contributed by atoms with E-state index in [4.69, 9.17) is 0 Å². The highest BCUT2D eigenvalue weighted by atomic mass is 19.1. The van der Waals surface area contributed by atoms with Crippen LogP contribution >= 0.6 is 0 Å². The van der Waals surface area contributed by atoms with Gasteiger partial charge in [0.15, 0.2) is 0 Å². The monoisotopic (exact) mass is 412 g/mol. The summed E-state index contributed by atoms with van der Waals surface area (Å²) in [5.74, 6) is 0.568. The first-order valence-corrected chi connectivity index (χ1v) is 11.3. The van der Waals surface area contributed by atoms with Crippen molar-refractivity contribution in [2.24, 2.45) is 11.8 Å². The van der Waals surface area contributed by atoms with Gasteiger partial charge in [0.05, 0.1) is 6.67 Å². The van der Waals surface area contributed by atoms with Crippen LogP contribution in [0.3, 0.4) is 0 Å². The van der Waals surface area contributed by atoms with Crippen molar-refractivity contribution in [1.82, 2.24) is 0 Å². The molecule has 164 valence electrons. The maximum atomic E-state index is 13.4. The Kier molecular flexibility index (Phi) is 10.2. The molecular formula is C25H36F4. The molecule has 0 aliphatic heterocycles. The maximum Gasteiger partial charge on any atom is 0.129 e. The highest BCUT2D eigenvalue weighted by molar-refractivity contribution is 5.28. The van der Waals surface area contributed by atoms with Gasteiger partial charge in [-0.1, -0.05) is 19.1 Å². The van der Waals surface area contributed by atoms with Crippen molar-refractivity contribution in [1.29, 1.82) is 0 Å². The third-order valence-corrected chi connectivity index (χ3v) is 6.48. The lowest BCUT2D eigenvalue weighted by molar-refractivity contribution is 0.235. The Morgan fingerprint density at radius 1 is 0.931 bits per heavy atom. The quantitative estimate of drug-likeness (QED) is 0.336. The van der Waals surface area contributed by atoms with Crippen LogP contribution in [0.4, 0.5) is 17.6 Å². The van der Waals surface area contributed by atoms with E-state index in [-0.39, 0.29) is 18.2 Å². The summed E-state index contributed by atoms with van der Waals surface area (Å²) >= 11 is 0. The minimum Gasteiger partial charge on any atom is -0.251 e. The number of alkyl halides is 2. The molecule has 1 aromatic carbocycles. The summed E-state index contributed by atoms with van der Waals surface area (Å²) in [5, 5.41) is 0. The lowest BCUT2D eigenvalue weighted by Gasteiger charge is -2.25. The average Bonchev–Trinajstić information content (AvgIpc) is 2.72. The molecule has 29 heavy (non-hydrogen) atoms. The predicted octanol–water partition coefficient (Wildman–Crippen LogP) is 8.39. The third-order valence-electron chi connectivity index (χ3n) is 6.48. The minimum atomic E-state index is -0.739. The summed E-state index contributed by atoms with van der Waals surface area (Å²) in [6, 6.07) is 2.78. The lowest BCUT2D eigenvalue weighted by atomic mass is 9.80. The van der Waals surface area contributed by atoms with E-state index in [2.05, 4.69) is 19.1 Å². The topological polar surface area (TPSA) is 0 Å². The fourth-order valence-corrected chi connectivity index (χ4v) is 4.44. The molecule has 2 saturated carbocycles. The van der Waals surface area contributed by atoms with Crippen molar-refractivity contribution in [2.75, 3.05) is 6.67 Å². The first-order chi connectivity index (χ1) is 13.9. The predicted molar refractivity (Wildman–Crippen MR) is 113 cm³/mol. The fourth-order valence-electron chi connectivity index (χ4n) is 4.44. The molecule has 0 amide bonds. The number of hydrogen-bond donors (Lipinski definition) is 0. The van der Waals surface area contributed by atoms with Crippen LogP contribution in [0.2, 0.25) is 0 Å². The lowest BCUT2D eigenvalue weighted by Crippen LogP contribution is -2.14. The van der Waals surface area contributed by atoms with Gasteiger partial charge >= 0.3 is 0 Å². The Bertz CT molecular complexity index is 601. The van der Waals surface area contributed by atoms with Crippen LogP contribution in [0.5, 0.6) is 0 Å². The van der Waals surface area contributed by atoms with Gasteiger partial charge in [0.2, 0.25) is 0 Å². The molecule has 2 aliphatic rings. The molecule has 3 rings (SSSR count). The molecule has 0 radical (unpaired) electrons. The minimum absolute atomic E-state index is 0.0583. The summed E-state index contributed by atoms with van der Waals surface area (Å²) in [7, 11) is 0. The summed E-state index contributed by atoms with van der Waals surface area (Å²) in [5.41, 5.74) is 0.732. The van der Waals surface area contributed by atoms with Crippen LogP contribution in [0.25, 0.3) is 0 Å². The molecule has 0 heterocycles. The van der Waals surface area contributed by atoms with Crippen LogP contribution < -0.4 is 0 Å². The van der Waals surface area contributed by atoms with Gasteiger partial charge in [-0.25, -0.2) is 13.2 Å². The Morgan fingerprint density at radius 3 is 2.03 bits per heavy atom. The number of benzene rings is 1. The van der Waals surface area contributed by atoms with Crippen molar-refractivity contribution in [3.8, 4) is 0 Å². The van der Waals surface area contributed by atoms with Crippen LogP contribution in [0.1, 0.15) is 88.2 Å². The molecule has 4 heteroatoms. The smallest absolute Gasteiger partial charge is 0.129 e. The summed E-state index contributed by atoms with van der Waals surface area (Å²) in [6.07, 6.45) is 13.2. The van der Waals surface area contributed by atoms with Gasteiger partial charge in [-0.3, -0.25) is 4.39 Å². The first kappa shape index (κ1) is 24.0. The molecule has 0 aromatic heterocycles. The van der Waals surface area contributed by atoms with Gasteiger partial charge in [-0.05, 0) is 107 Å². The number of rotatable bonds is 5. The second-order valence-electron chi connectivity index (χ2n) is 8.65. The van der Waals surface area contributed by atoms with E-state index in [0.717, 1.165) is 18.8 Å². The van der Waals surface area contributed by atoms with E-state index in [9.17, 15) is 17.6 Å². The third kappa shape index (κ3) is 7.79. The molecular weight excluding hydrogens is 376 g/mol. The van der Waals surface area contributed by atoms with Crippen LogP contribution in [-0.2, 0) is 0 Å². The average molecular weight is 413 g/mol. The zero-order chi connectivity index (χ0) is 21.2.